The molecule has 2 nitrogen and oxygen atoms in total. The molecule has 0 spiro atoms. The number of rotatable bonds is 4. The molecule has 0 fully saturated rings. The van der Waals surface area contributed by atoms with Crippen LogP contribution >= 0.6 is 11.6 Å². The number of nitrogens with zero attached hydrogens (tertiary/aromatic N) is 1. The van der Waals surface area contributed by atoms with Crippen LogP contribution < -0.4 is 5.32 Å². The lowest BCUT2D eigenvalue weighted by molar-refractivity contribution is 0.151. The first-order valence-corrected chi connectivity index (χ1v) is 6.28. The van der Waals surface area contributed by atoms with Gasteiger partial charge in [0.1, 0.15) is 0 Å². The third-order valence-electron chi connectivity index (χ3n) is 2.81. The van der Waals surface area contributed by atoms with Crippen LogP contribution in [0.1, 0.15) is 23.1 Å². The lowest BCUT2D eigenvalue weighted by atomic mass is 10.1. The number of hydrogen-bond acceptors (Lipinski definition) is 2. The Bertz CT molecular complexity index is 633. The van der Waals surface area contributed by atoms with Crippen LogP contribution in [0.4, 0.5) is 14.5 Å². The summed E-state index contributed by atoms with van der Waals surface area (Å²) < 4.78 is 24.8. The first kappa shape index (κ1) is 14.3. The van der Waals surface area contributed by atoms with Crippen molar-refractivity contribution in [2.24, 2.45) is 0 Å². The van der Waals surface area contributed by atoms with E-state index in [-0.39, 0.29) is 5.56 Å². The van der Waals surface area contributed by atoms with Gasteiger partial charge in [0.2, 0.25) is 0 Å². The molecule has 0 heterocycles. The van der Waals surface area contributed by atoms with Crippen molar-refractivity contribution in [1.29, 1.82) is 5.26 Å². The van der Waals surface area contributed by atoms with Crippen LogP contribution in [0.3, 0.4) is 0 Å². The molecule has 0 bridgehead atoms. The fraction of sp³-hybridized carbons (Fsp3) is 0.133. The molecule has 5 heteroatoms. The van der Waals surface area contributed by atoms with Crippen molar-refractivity contribution in [1.82, 2.24) is 0 Å². The molecule has 0 aliphatic heterocycles. The summed E-state index contributed by atoms with van der Waals surface area (Å²) in [6, 6.07) is 13.1. The minimum absolute atomic E-state index is 0.00477. The number of benzene rings is 2. The molecule has 0 aromatic heterocycles. The van der Waals surface area contributed by atoms with Gasteiger partial charge >= 0.3 is 0 Å². The van der Waals surface area contributed by atoms with Gasteiger partial charge in [0.25, 0.3) is 6.43 Å². The van der Waals surface area contributed by atoms with Crippen molar-refractivity contribution < 1.29 is 8.78 Å². The molecule has 2 aromatic rings. The highest BCUT2D eigenvalue weighted by Gasteiger charge is 2.06. The van der Waals surface area contributed by atoms with Crippen LogP contribution in [-0.2, 0) is 6.54 Å². The minimum atomic E-state index is -2.45. The average molecular weight is 293 g/mol. The molecule has 0 aliphatic rings. The van der Waals surface area contributed by atoms with Gasteiger partial charge < -0.3 is 5.32 Å². The fourth-order valence-corrected chi connectivity index (χ4v) is 1.95. The fourth-order valence-electron chi connectivity index (χ4n) is 1.71. The van der Waals surface area contributed by atoms with Gasteiger partial charge in [0, 0.05) is 12.1 Å². The van der Waals surface area contributed by atoms with Crippen molar-refractivity contribution >= 4 is 17.3 Å². The Labute approximate surface area is 120 Å². The van der Waals surface area contributed by atoms with Gasteiger partial charge in [0.15, 0.2) is 0 Å². The Balaban J connectivity index is 2.03. The third kappa shape index (κ3) is 3.46. The molecular formula is C15H11ClF2N2. The Hall–Kier alpha value is -2.12. The maximum absolute atomic E-state index is 12.4. The summed E-state index contributed by atoms with van der Waals surface area (Å²) >= 11 is 6.03. The van der Waals surface area contributed by atoms with Crippen molar-refractivity contribution in [2.75, 3.05) is 5.32 Å². The second-order valence-corrected chi connectivity index (χ2v) is 4.61. The van der Waals surface area contributed by atoms with Gasteiger partial charge in [-0.05, 0) is 23.8 Å². The molecule has 0 saturated carbocycles. The summed E-state index contributed by atoms with van der Waals surface area (Å²) in [6.07, 6.45) is -2.45. The summed E-state index contributed by atoms with van der Waals surface area (Å²) in [5, 5.41) is 12.3. The van der Waals surface area contributed by atoms with Gasteiger partial charge in [-0.2, -0.15) is 5.26 Å². The first-order valence-electron chi connectivity index (χ1n) is 5.90. The largest absolute Gasteiger partial charge is 0.380 e. The zero-order chi connectivity index (χ0) is 14.5. The van der Waals surface area contributed by atoms with E-state index in [1.807, 2.05) is 6.07 Å². The predicted octanol–water partition coefficient (Wildman–Crippen LogP) is 4.76. The summed E-state index contributed by atoms with van der Waals surface area (Å²) in [6.45, 7) is 0.467. The molecule has 20 heavy (non-hydrogen) atoms. The summed E-state index contributed by atoms with van der Waals surface area (Å²) in [4.78, 5) is 0. The second-order valence-electron chi connectivity index (χ2n) is 4.20. The van der Waals surface area contributed by atoms with Crippen LogP contribution in [-0.4, -0.2) is 0 Å². The summed E-state index contributed by atoms with van der Waals surface area (Å²) in [5.74, 6) is 0. The molecule has 0 radical (unpaired) electrons. The molecule has 0 atom stereocenters. The second kappa shape index (κ2) is 6.36. The van der Waals surface area contributed by atoms with Gasteiger partial charge in [-0.3, -0.25) is 0 Å². The lowest BCUT2D eigenvalue weighted by Crippen LogP contribution is -2.00. The van der Waals surface area contributed by atoms with E-state index >= 15 is 0 Å². The standard InChI is InChI=1S/C15H11ClF2N2/c16-13-7-11(8-19)3-6-14(13)20-9-10-1-4-12(5-2-10)15(17)18/h1-7,15,20H,9H2. The van der Waals surface area contributed by atoms with E-state index < -0.39 is 6.43 Å². The van der Waals surface area contributed by atoms with E-state index in [1.165, 1.54) is 12.1 Å². The van der Waals surface area contributed by atoms with Crippen molar-refractivity contribution in [3.63, 3.8) is 0 Å². The molecule has 2 aromatic carbocycles. The maximum atomic E-state index is 12.4. The quantitative estimate of drug-likeness (QED) is 0.882. The van der Waals surface area contributed by atoms with E-state index in [1.54, 1.807) is 30.3 Å². The molecule has 0 aliphatic carbocycles. The predicted molar refractivity (Wildman–Crippen MR) is 74.9 cm³/mol. The molecular weight excluding hydrogens is 282 g/mol. The van der Waals surface area contributed by atoms with Crippen molar-refractivity contribution in [3.8, 4) is 6.07 Å². The highest BCUT2D eigenvalue weighted by molar-refractivity contribution is 6.33. The van der Waals surface area contributed by atoms with E-state index in [2.05, 4.69) is 5.32 Å². The van der Waals surface area contributed by atoms with Gasteiger partial charge in [-0.15, -0.1) is 0 Å². The minimum Gasteiger partial charge on any atom is -0.380 e. The van der Waals surface area contributed by atoms with Crippen molar-refractivity contribution in [2.45, 2.75) is 13.0 Å². The van der Waals surface area contributed by atoms with Crippen LogP contribution in [0.5, 0.6) is 0 Å². The van der Waals surface area contributed by atoms with Crippen LogP contribution in [0.15, 0.2) is 42.5 Å². The highest BCUT2D eigenvalue weighted by Crippen LogP contribution is 2.24. The SMILES string of the molecule is N#Cc1ccc(NCc2ccc(C(F)F)cc2)c(Cl)c1. The Morgan fingerprint density at radius 2 is 1.85 bits per heavy atom. The summed E-state index contributed by atoms with van der Waals surface area (Å²) in [5.41, 5.74) is 2.06. The topological polar surface area (TPSA) is 35.8 Å². The van der Waals surface area contributed by atoms with Crippen LogP contribution in [0.2, 0.25) is 5.02 Å². The molecule has 0 amide bonds. The maximum Gasteiger partial charge on any atom is 0.263 e. The molecule has 0 saturated heterocycles. The highest BCUT2D eigenvalue weighted by atomic mass is 35.5. The molecule has 102 valence electrons. The number of nitrogens with one attached hydrogen (secondary N) is 1. The summed E-state index contributed by atoms with van der Waals surface area (Å²) in [7, 11) is 0. The van der Waals surface area contributed by atoms with Crippen molar-refractivity contribution in [3.05, 3.63) is 64.2 Å². The lowest BCUT2D eigenvalue weighted by Gasteiger charge is -2.09. The van der Waals surface area contributed by atoms with Gasteiger partial charge in [-0.25, -0.2) is 8.78 Å². The first-order chi connectivity index (χ1) is 9.60. The van der Waals surface area contributed by atoms with Gasteiger partial charge in [-0.1, -0.05) is 35.9 Å². The normalized spacial score (nSPS) is 10.3. The smallest absolute Gasteiger partial charge is 0.263 e. The number of nitriles is 1. The Morgan fingerprint density at radius 1 is 1.15 bits per heavy atom. The Kier molecular flexibility index (Phi) is 4.54. The van der Waals surface area contributed by atoms with E-state index in [0.717, 1.165) is 5.56 Å². The number of alkyl halides is 2. The van der Waals surface area contributed by atoms with Gasteiger partial charge in [0.05, 0.1) is 22.3 Å². The molecule has 0 unspecified atom stereocenters. The zero-order valence-corrected chi connectivity index (χ0v) is 11.2. The number of hydrogen-bond donors (Lipinski definition) is 1. The van der Waals surface area contributed by atoms with E-state index in [9.17, 15) is 8.78 Å². The number of anilines is 1. The van der Waals surface area contributed by atoms with Crippen LogP contribution in [0.25, 0.3) is 0 Å². The average Bonchev–Trinajstić information content (AvgIpc) is 2.46. The molecule has 2 rings (SSSR count). The third-order valence-corrected chi connectivity index (χ3v) is 3.13. The van der Waals surface area contributed by atoms with Crippen LogP contribution in [0, 0.1) is 11.3 Å². The monoisotopic (exact) mass is 292 g/mol. The zero-order valence-electron chi connectivity index (χ0n) is 10.4. The van der Waals surface area contributed by atoms with E-state index in [4.69, 9.17) is 16.9 Å². The van der Waals surface area contributed by atoms with E-state index in [0.29, 0.717) is 22.8 Å². The molecule has 1 N–H and O–H groups in total. The number of halogens is 3. The Morgan fingerprint density at radius 3 is 2.40 bits per heavy atom.